The molecule has 0 radical (unpaired) electrons. The van der Waals surface area contributed by atoms with Crippen molar-refractivity contribution in [3.63, 3.8) is 0 Å². The third-order valence-corrected chi connectivity index (χ3v) is 3.04. The molecule has 3 nitrogen and oxygen atoms in total. The molecule has 0 saturated carbocycles. The van der Waals surface area contributed by atoms with Gasteiger partial charge in [-0.25, -0.2) is 0 Å². The highest BCUT2D eigenvalue weighted by Gasteiger charge is 2.15. The average molecular weight is 247 g/mol. The van der Waals surface area contributed by atoms with E-state index in [0.29, 0.717) is 25.9 Å². The molecule has 0 spiro atoms. The van der Waals surface area contributed by atoms with Crippen LogP contribution < -0.4 is 0 Å². The zero-order valence-electron chi connectivity index (χ0n) is 11.4. The number of benzene rings is 1. The molecule has 1 aromatic rings. The summed E-state index contributed by atoms with van der Waals surface area (Å²) in [4.78, 5) is 25.2. The Morgan fingerprint density at radius 2 is 1.72 bits per heavy atom. The third kappa shape index (κ3) is 3.69. The Morgan fingerprint density at radius 3 is 2.28 bits per heavy atom. The number of hydrogen-bond acceptors (Lipinski definition) is 2. The van der Waals surface area contributed by atoms with Crippen LogP contribution in [0.25, 0.3) is 0 Å². The van der Waals surface area contributed by atoms with E-state index in [1.807, 2.05) is 38.1 Å². The van der Waals surface area contributed by atoms with Gasteiger partial charge in [-0.1, -0.05) is 18.2 Å². The van der Waals surface area contributed by atoms with Gasteiger partial charge in [0.05, 0.1) is 0 Å². The van der Waals surface area contributed by atoms with Crippen molar-refractivity contribution in [3.05, 3.63) is 35.4 Å². The van der Waals surface area contributed by atoms with E-state index in [9.17, 15) is 9.59 Å². The van der Waals surface area contributed by atoms with Gasteiger partial charge in [-0.2, -0.15) is 0 Å². The minimum atomic E-state index is 0.0548. The maximum absolute atomic E-state index is 12.3. The second-order valence-corrected chi connectivity index (χ2v) is 4.34. The smallest absolute Gasteiger partial charge is 0.254 e. The lowest BCUT2D eigenvalue weighted by molar-refractivity contribution is -0.116. The summed E-state index contributed by atoms with van der Waals surface area (Å²) in [6.07, 6.45) is 1.13. The van der Waals surface area contributed by atoms with Gasteiger partial charge in [0.25, 0.3) is 5.91 Å². The minimum Gasteiger partial charge on any atom is -0.339 e. The Kier molecular flexibility index (Phi) is 5.56. The Balaban J connectivity index is 2.93. The fraction of sp³-hybridized carbons (Fsp3) is 0.467. The standard InChI is InChI=1S/C15H21NO2/c1-4-16(5-2)15(18)14-9-7-6-8-13(14)11-10-12(3)17/h6-9H,4-5,10-11H2,1-3H3. The lowest BCUT2D eigenvalue weighted by Crippen LogP contribution is -2.31. The first kappa shape index (κ1) is 14.4. The minimum absolute atomic E-state index is 0.0548. The number of aryl methyl sites for hydroxylation is 1. The molecule has 0 bridgehead atoms. The molecule has 0 aliphatic rings. The third-order valence-electron chi connectivity index (χ3n) is 3.04. The highest BCUT2D eigenvalue weighted by molar-refractivity contribution is 5.95. The number of Topliss-reactive ketones (excluding diaryl/α,β-unsaturated/α-hetero) is 1. The molecule has 1 amide bonds. The van der Waals surface area contributed by atoms with E-state index in [-0.39, 0.29) is 11.7 Å². The summed E-state index contributed by atoms with van der Waals surface area (Å²) in [5.74, 6) is 0.208. The number of carbonyl (C=O) groups is 2. The first-order chi connectivity index (χ1) is 8.60. The van der Waals surface area contributed by atoms with Gasteiger partial charge in [0.1, 0.15) is 5.78 Å². The van der Waals surface area contributed by atoms with Crippen molar-refractivity contribution in [2.75, 3.05) is 13.1 Å². The maximum Gasteiger partial charge on any atom is 0.254 e. The lowest BCUT2D eigenvalue weighted by atomic mass is 10.0. The highest BCUT2D eigenvalue weighted by atomic mass is 16.2. The van der Waals surface area contributed by atoms with Gasteiger partial charge in [0.2, 0.25) is 0 Å². The monoisotopic (exact) mass is 247 g/mol. The van der Waals surface area contributed by atoms with E-state index in [0.717, 1.165) is 11.1 Å². The van der Waals surface area contributed by atoms with Crippen LogP contribution in [0.3, 0.4) is 0 Å². The summed E-state index contributed by atoms with van der Waals surface area (Å²) in [6, 6.07) is 7.55. The molecule has 98 valence electrons. The van der Waals surface area contributed by atoms with Crippen LogP contribution in [0, 0.1) is 0 Å². The number of carbonyl (C=O) groups excluding carboxylic acids is 2. The predicted octanol–water partition coefficient (Wildman–Crippen LogP) is 2.69. The Bertz CT molecular complexity index is 422. The molecule has 0 N–H and O–H groups in total. The van der Waals surface area contributed by atoms with Gasteiger partial charge in [0, 0.05) is 25.1 Å². The van der Waals surface area contributed by atoms with Crippen molar-refractivity contribution in [2.24, 2.45) is 0 Å². The second-order valence-electron chi connectivity index (χ2n) is 4.34. The number of amides is 1. The fourth-order valence-corrected chi connectivity index (χ4v) is 1.94. The Morgan fingerprint density at radius 1 is 1.11 bits per heavy atom. The lowest BCUT2D eigenvalue weighted by Gasteiger charge is -2.20. The molecule has 0 atom stereocenters. The van der Waals surface area contributed by atoms with E-state index in [2.05, 4.69) is 0 Å². The van der Waals surface area contributed by atoms with Crippen LogP contribution in [-0.4, -0.2) is 29.7 Å². The maximum atomic E-state index is 12.3. The fourth-order valence-electron chi connectivity index (χ4n) is 1.94. The topological polar surface area (TPSA) is 37.4 Å². The van der Waals surface area contributed by atoms with Gasteiger partial charge in [0.15, 0.2) is 0 Å². The zero-order chi connectivity index (χ0) is 13.5. The molecule has 0 unspecified atom stereocenters. The second kappa shape index (κ2) is 6.94. The molecule has 0 aromatic heterocycles. The van der Waals surface area contributed by atoms with Crippen LogP contribution in [0.15, 0.2) is 24.3 Å². The van der Waals surface area contributed by atoms with Gasteiger partial charge in [-0.3, -0.25) is 4.79 Å². The molecule has 0 aliphatic heterocycles. The number of hydrogen-bond donors (Lipinski definition) is 0. The molecule has 0 aliphatic carbocycles. The molecule has 0 heterocycles. The largest absolute Gasteiger partial charge is 0.339 e. The van der Waals surface area contributed by atoms with E-state index in [1.54, 1.807) is 11.8 Å². The summed E-state index contributed by atoms with van der Waals surface area (Å²) in [7, 11) is 0. The van der Waals surface area contributed by atoms with Crippen molar-refractivity contribution >= 4 is 11.7 Å². The molecular weight excluding hydrogens is 226 g/mol. The summed E-state index contributed by atoms with van der Waals surface area (Å²) >= 11 is 0. The van der Waals surface area contributed by atoms with E-state index >= 15 is 0 Å². The normalized spacial score (nSPS) is 10.2. The first-order valence-electron chi connectivity index (χ1n) is 6.46. The number of nitrogens with zero attached hydrogens (tertiary/aromatic N) is 1. The van der Waals surface area contributed by atoms with Crippen LogP contribution >= 0.6 is 0 Å². The van der Waals surface area contributed by atoms with Crippen molar-refractivity contribution < 1.29 is 9.59 Å². The first-order valence-corrected chi connectivity index (χ1v) is 6.46. The molecule has 0 saturated heterocycles. The summed E-state index contributed by atoms with van der Waals surface area (Å²) in [6.45, 7) is 6.93. The van der Waals surface area contributed by atoms with Gasteiger partial charge < -0.3 is 9.69 Å². The molecular formula is C15H21NO2. The Hall–Kier alpha value is -1.64. The van der Waals surface area contributed by atoms with Crippen LogP contribution in [0.4, 0.5) is 0 Å². The quantitative estimate of drug-likeness (QED) is 0.775. The highest BCUT2D eigenvalue weighted by Crippen LogP contribution is 2.14. The number of rotatable bonds is 6. The van der Waals surface area contributed by atoms with E-state index in [4.69, 9.17) is 0 Å². The van der Waals surface area contributed by atoms with Crippen LogP contribution in [0.5, 0.6) is 0 Å². The summed E-state index contributed by atoms with van der Waals surface area (Å²) in [5, 5.41) is 0. The van der Waals surface area contributed by atoms with Crippen LogP contribution in [0.2, 0.25) is 0 Å². The SMILES string of the molecule is CCN(CC)C(=O)c1ccccc1CCC(C)=O. The van der Waals surface area contributed by atoms with Crippen molar-refractivity contribution in [2.45, 2.75) is 33.6 Å². The molecule has 1 rings (SSSR count). The van der Waals surface area contributed by atoms with Crippen LogP contribution in [-0.2, 0) is 11.2 Å². The summed E-state index contributed by atoms with van der Waals surface area (Å²) in [5.41, 5.74) is 1.69. The van der Waals surface area contributed by atoms with Crippen LogP contribution in [0.1, 0.15) is 43.1 Å². The van der Waals surface area contributed by atoms with E-state index < -0.39 is 0 Å². The number of ketones is 1. The van der Waals surface area contributed by atoms with Crippen molar-refractivity contribution in [3.8, 4) is 0 Å². The van der Waals surface area contributed by atoms with Gasteiger partial charge in [-0.15, -0.1) is 0 Å². The van der Waals surface area contributed by atoms with Crippen molar-refractivity contribution in [1.82, 2.24) is 4.90 Å². The van der Waals surface area contributed by atoms with E-state index in [1.165, 1.54) is 0 Å². The molecule has 0 fully saturated rings. The molecule has 1 aromatic carbocycles. The van der Waals surface area contributed by atoms with Gasteiger partial charge >= 0.3 is 0 Å². The van der Waals surface area contributed by atoms with Gasteiger partial charge in [-0.05, 0) is 38.8 Å². The van der Waals surface area contributed by atoms with Crippen molar-refractivity contribution in [1.29, 1.82) is 0 Å². The molecule has 18 heavy (non-hydrogen) atoms. The zero-order valence-corrected chi connectivity index (χ0v) is 11.4. The molecule has 3 heteroatoms. The average Bonchev–Trinajstić information content (AvgIpc) is 2.38. The Labute approximate surface area is 109 Å². The summed E-state index contributed by atoms with van der Waals surface area (Å²) < 4.78 is 0. The predicted molar refractivity (Wildman–Crippen MR) is 72.7 cm³/mol.